The highest BCUT2D eigenvalue weighted by Crippen LogP contribution is 2.29. The van der Waals surface area contributed by atoms with Gasteiger partial charge in [-0.05, 0) is 33.6 Å². The fourth-order valence-electron chi connectivity index (χ4n) is 2.99. The Bertz CT molecular complexity index is 291. The molecule has 2 aliphatic rings. The van der Waals surface area contributed by atoms with Crippen molar-refractivity contribution in [2.24, 2.45) is 0 Å². The smallest absolute Gasteiger partial charge is 0.224 e. The number of ether oxygens (including phenoxy) is 1. The summed E-state index contributed by atoms with van der Waals surface area (Å²) in [6.07, 6.45) is 2.97. The highest BCUT2D eigenvalue weighted by Gasteiger charge is 2.42. The molecule has 17 heavy (non-hydrogen) atoms. The van der Waals surface area contributed by atoms with E-state index in [1.165, 1.54) is 0 Å². The second kappa shape index (κ2) is 4.94. The number of nitrogens with one attached hydrogen (secondary N) is 1. The maximum atomic E-state index is 11.8. The number of carbonyl (C=O) groups is 1. The van der Waals surface area contributed by atoms with Crippen LogP contribution in [-0.2, 0) is 9.53 Å². The third-order valence-corrected chi connectivity index (χ3v) is 3.80. The van der Waals surface area contributed by atoms with Crippen molar-refractivity contribution >= 4 is 5.91 Å². The third-order valence-electron chi connectivity index (χ3n) is 3.80. The van der Waals surface area contributed by atoms with Crippen molar-refractivity contribution in [2.75, 3.05) is 19.7 Å². The van der Waals surface area contributed by atoms with E-state index >= 15 is 0 Å². The van der Waals surface area contributed by atoms with Gasteiger partial charge in [-0.1, -0.05) is 0 Å². The van der Waals surface area contributed by atoms with E-state index in [1.54, 1.807) is 0 Å². The molecule has 0 spiro atoms. The second-order valence-electron chi connectivity index (χ2n) is 5.68. The van der Waals surface area contributed by atoms with Crippen LogP contribution in [0.25, 0.3) is 0 Å². The monoisotopic (exact) mass is 240 g/mol. The Labute approximate surface area is 104 Å². The average Bonchev–Trinajstić information content (AvgIpc) is 2.80. The molecule has 0 aromatic carbocycles. The standard InChI is InChI=1S/C13H24N2O2/c1-4-17-13(2,3)9-14-10-8-12(16)15-7-5-6-11(10)15/h10-11,14H,4-9H2,1-3H3. The first-order valence-corrected chi connectivity index (χ1v) is 6.70. The van der Waals surface area contributed by atoms with Gasteiger partial charge < -0.3 is 15.0 Å². The molecular weight excluding hydrogens is 216 g/mol. The van der Waals surface area contributed by atoms with E-state index in [4.69, 9.17) is 4.74 Å². The molecule has 1 N–H and O–H groups in total. The Hall–Kier alpha value is -0.610. The molecule has 98 valence electrons. The molecule has 2 aliphatic heterocycles. The molecule has 0 aliphatic carbocycles. The average molecular weight is 240 g/mol. The largest absolute Gasteiger partial charge is 0.375 e. The van der Waals surface area contributed by atoms with Crippen LogP contribution in [0.2, 0.25) is 0 Å². The second-order valence-corrected chi connectivity index (χ2v) is 5.68. The minimum atomic E-state index is -0.149. The lowest BCUT2D eigenvalue weighted by Crippen LogP contribution is -2.46. The van der Waals surface area contributed by atoms with Crippen LogP contribution in [0, 0.1) is 0 Å². The fraction of sp³-hybridized carbons (Fsp3) is 0.923. The van der Waals surface area contributed by atoms with Gasteiger partial charge in [-0.25, -0.2) is 0 Å². The van der Waals surface area contributed by atoms with Gasteiger partial charge in [-0.3, -0.25) is 4.79 Å². The molecule has 0 radical (unpaired) electrons. The van der Waals surface area contributed by atoms with Crippen LogP contribution >= 0.6 is 0 Å². The molecule has 2 fully saturated rings. The van der Waals surface area contributed by atoms with Gasteiger partial charge in [0.2, 0.25) is 5.91 Å². The van der Waals surface area contributed by atoms with Crippen LogP contribution in [-0.4, -0.2) is 48.2 Å². The molecule has 4 heteroatoms. The topological polar surface area (TPSA) is 41.6 Å². The maximum absolute atomic E-state index is 11.8. The molecule has 2 saturated heterocycles. The summed E-state index contributed by atoms with van der Waals surface area (Å²) in [6.45, 7) is 8.69. The summed E-state index contributed by atoms with van der Waals surface area (Å²) in [7, 11) is 0. The Morgan fingerprint density at radius 2 is 2.29 bits per heavy atom. The lowest BCUT2D eigenvalue weighted by Gasteiger charge is -2.28. The first-order valence-electron chi connectivity index (χ1n) is 6.70. The molecule has 0 aromatic rings. The van der Waals surface area contributed by atoms with E-state index in [0.717, 1.165) is 32.5 Å². The van der Waals surface area contributed by atoms with Gasteiger partial charge in [0.05, 0.1) is 5.60 Å². The van der Waals surface area contributed by atoms with Crippen molar-refractivity contribution < 1.29 is 9.53 Å². The molecular formula is C13H24N2O2. The van der Waals surface area contributed by atoms with Gasteiger partial charge in [0.1, 0.15) is 0 Å². The number of hydrogen-bond donors (Lipinski definition) is 1. The number of amides is 1. The lowest BCUT2D eigenvalue weighted by atomic mass is 10.0. The van der Waals surface area contributed by atoms with E-state index in [0.29, 0.717) is 24.4 Å². The van der Waals surface area contributed by atoms with Gasteiger partial charge in [-0.2, -0.15) is 0 Å². The normalized spacial score (nSPS) is 28.9. The van der Waals surface area contributed by atoms with Crippen molar-refractivity contribution in [1.82, 2.24) is 10.2 Å². The van der Waals surface area contributed by atoms with E-state index in [1.807, 2.05) is 11.8 Å². The first-order chi connectivity index (χ1) is 8.03. The van der Waals surface area contributed by atoms with Gasteiger partial charge in [-0.15, -0.1) is 0 Å². The van der Waals surface area contributed by atoms with Crippen molar-refractivity contribution in [2.45, 2.75) is 57.7 Å². The Morgan fingerprint density at radius 3 is 3.00 bits per heavy atom. The zero-order chi connectivity index (χ0) is 12.5. The fourth-order valence-corrected chi connectivity index (χ4v) is 2.99. The lowest BCUT2D eigenvalue weighted by molar-refractivity contribution is -0.127. The number of rotatable bonds is 5. The summed E-state index contributed by atoms with van der Waals surface area (Å²) < 4.78 is 5.67. The van der Waals surface area contributed by atoms with Crippen LogP contribution in [0.15, 0.2) is 0 Å². The molecule has 0 bridgehead atoms. The van der Waals surface area contributed by atoms with Crippen LogP contribution in [0.3, 0.4) is 0 Å². The van der Waals surface area contributed by atoms with Crippen molar-refractivity contribution in [1.29, 1.82) is 0 Å². The minimum absolute atomic E-state index is 0.149. The van der Waals surface area contributed by atoms with Gasteiger partial charge in [0.15, 0.2) is 0 Å². The Kier molecular flexibility index (Phi) is 3.73. The predicted molar refractivity (Wildman–Crippen MR) is 66.8 cm³/mol. The Morgan fingerprint density at radius 1 is 1.53 bits per heavy atom. The minimum Gasteiger partial charge on any atom is -0.375 e. The van der Waals surface area contributed by atoms with E-state index < -0.39 is 0 Å². The summed E-state index contributed by atoms with van der Waals surface area (Å²) in [6, 6.07) is 0.754. The third kappa shape index (κ3) is 2.80. The summed E-state index contributed by atoms with van der Waals surface area (Å²) in [5.41, 5.74) is -0.149. The molecule has 0 aromatic heterocycles. The number of fused-ring (bicyclic) bond motifs is 1. The zero-order valence-electron chi connectivity index (χ0n) is 11.2. The number of hydrogen-bond acceptors (Lipinski definition) is 3. The highest BCUT2D eigenvalue weighted by molar-refractivity contribution is 5.80. The molecule has 2 atom stereocenters. The van der Waals surface area contributed by atoms with E-state index in [2.05, 4.69) is 19.2 Å². The molecule has 2 rings (SSSR count). The quantitative estimate of drug-likeness (QED) is 0.784. The predicted octanol–water partition coefficient (Wildman–Crippen LogP) is 1.15. The van der Waals surface area contributed by atoms with Crippen LogP contribution in [0.1, 0.15) is 40.0 Å². The highest BCUT2D eigenvalue weighted by atomic mass is 16.5. The number of nitrogens with zero attached hydrogens (tertiary/aromatic N) is 1. The van der Waals surface area contributed by atoms with Crippen LogP contribution in [0.4, 0.5) is 0 Å². The van der Waals surface area contributed by atoms with Gasteiger partial charge in [0.25, 0.3) is 0 Å². The SMILES string of the molecule is CCOC(C)(C)CNC1CC(=O)N2CCCC12. The summed E-state index contributed by atoms with van der Waals surface area (Å²) in [5, 5.41) is 3.52. The summed E-state index contributed by atoms with van der Waals surface area (Å²) in [5.74, 6) is 0.319. The molecule has 2 heterocycles. The molecule has 2 unspecified atom stereocenters. The molecule has 4 nitrogen and oxygen atoms in total. The molecule has 0 saturated carbocycles. The summed E-state index contributed by atoms with van der Waals surface area (Å²) >= 11 is 0. The van der Waals surface area contributed by atoms with Gasteiger partial charge in [0, 0.05) is 38.2 Å². The Balaban J connectivity index is 1.86. The first kappa shape index (κ1) is 12.8. The van der Waals surface area contributed by atoms with Crippen molar-refractivity contribution in [3.63, 3.8) is 0 Å². The van der Waals surface area contributed by atoms with Crippen LogP contribution in [0.5, 0.6) is 0 Å². The molecule has 1 amide bonds. The van der Waals surface area contributed by atoms with Crippen molar-refractivity contribution in [3.8, 4) is 0 Å². The zero-order valence-corrected chi connectivity index (χ0v) is 11.2. The summed E-state index contributed by atoms with van der Waals surface area (Å²) in [4.78, 5) is 13.8. The van der Waals surface area contributed by atoms with E-state index in [-0.39, 0.29) is 5.60 Å². The maximum Gasteiger partial charge on any atom is 0.224 e. The van der Waals surface area contributed by atoms with Crippen molar-refractivity contribution in [3.05, 3.63) is 0 Å². The number of carbonyl (C=O) groups excluding carboxylic acids is 1. The van der Waals surface area contributed by atoms with Gasteiger partial charge >= 0.3 is 0 Å². The van der Waals surface area contributed by atoms with Crippen LogP contribution < -0.4 is 5.32 Å². The van der Waals surface area contributed by atoms with E-state index in [9.17, 15) is 4.79 Å².